The SMILES string of the molecule is CCOC(=O)[C@H]1C[C@@H]1Cc1cccnc1. The van der Waals surface area contributed by atoms with Gasteiger partial charge in [0, 0.05) is 12.4 Å². The number of carbonyl (C=O) groups is 1. The monoisotopic (exact) mass is 205 g/mol. The van der Waals surface area contributed by atoms with E-state index < -0.39 is 0 Å². The van der Waals surface area contributed by atoms with Crippen molar-refractivity contribution in [1.29, 1.82) is 0 Å². The van der Waals surface area contributed by atoms with Gasteiger partial charge in [0.1, 0.15) is 0 Å². The molecule has 3 heteroatoms. The van der Waals surface area contributed by atoms with Crippen molar-refractivity contribution in [2.45, 2.75) is 19.8 Å². The molecular formula is C12H15NO2. The molecule has 2 atom stereocenters. The number of hydrogen-bond donors (Lipinski definition) is 0. The predicted octanol–water partition coefficient (Wildman–Crippen LogP) is 1.82. The van der Waals surface area contributed by atoms with Gasteiger partial charge < -0.3 is 4.74 Å². The molecule has 1 saturated carbocycles. The van der Waals surface area contributed by atoms with Crippen LogP contribution in [-0.4, -0.2) is 17.6 Å². The number of nitrogens with zero attached hydrogens (tertiary/aromatic N) is 1. The fourth-order valence-corrected chi connectivity index (χ4v) is 1.83. The second-order valence-corrected chi connectivity index (χ2v) is 3.92. The second kappa shape index (κ2) is 4.43. The standard InChI is InChI=1S/C12H15NO2/c1-2-15-12(14)11-7-10(11)6-9-4-3-5-13-8-9/h3-5,8,10-11H,2,6-7H2,1H3/t10-,11-/m0/s1. The molecule has 2 rings (SSSR count). The average molecular weight is 205 g/mol. The zero-order valence-corrected chi connectivity index (χ0v) is 8.85. The largest absolute Gasteiger partial charge is 0.466 e. The maximum Gasteiger partial charge on any atom is 0.309 e. The molecule has 0 aromatic carbocycles. The van der Waals surface area contributed by atoms with Crippen molar-refractivity contribution in [3.05, 3.63) is 30.1 Å². The highest BCUT2D eigenvalue weighted by Gasteiger charge is 2.43. The topological polar surface area (TPSA) is 39.2 Å². The molecular weight excluding hydrogens is 190 g/mol. The van der Waals surface area contributed by atoms with Crippen molar-refractivity contribution < 1.29 is 9.53 Å². The lowest BCUT2D eigenvalue weighted by atomic mass is 10.1. The van der Waals surface area contributed by atoms with Gasteiger partial charge in [-0.2, -0.15) is 0 Å². The van der Waals surface area contributed by atoms with Gasteiger partial charge >= 0.3 is 5.97 Å². The van der Waals surface area contributed by atoms with Crippen molar-refractivity contribution in [2.24, 2.45) is 11.8 Å². The van der Waals surface area contributed by atoms with Crippen LogP contribution in [0.4, 0.5) is 0 Å². The van der Waals surface area contributed by atoms with Gasteiger partial charge in [0.05, 0.1) is 12.5 Å². The molecule has 1 aliphatic carbocycles. The van der Waals surface area contributed by atoms with E-state index in [2.05, 4.69) is 4.98 Å². The van der Waals surface area contributed by atoms with Crippen molar-refractivity contribution in [2.75, 3.05) is 6.61 Å². The Labute approximate surface area is 89.5 Å². The smallest absolute Gasteiger partial charge is 0.309 e. The summed E-state index contributed by atoms with van der Waals surface area (Å²) < 4.78 is 4.98. The third kappa shape index (κ3) is 2.55. The maximum absolute atomic E-state index is 11.4. The normalized spacial score (nSPS) is 23.5. The highest BCUT2D eigenvalue weighted by molar-refractivity contribution is 5.75. The Bertz CT molecular complexity index is 337. The summed E-state index contributed by atoms with van der Waals surface area (Å²) in [6, 6.07) is 3.98. The molecule has 3 nitrogen and oxygen atoms in total. The van der Waals surface area contributed by atoms with Crippen LogP contribution in [0.2, 0.25) is 0 Å². The Morgan fingerprint density at radius 3 is 3.20 bits per heavy atom. The van der Waals surface area contributed by atoms with Gasteiger partial charge in [0.2, 0.25) is 0 Å². The highest BCUT2D eigenvalue weighted by atomic mass is 16.5. The van der Waals surface area contributed by atoms with Crippen LogP contribution in [0.3, 0.4) is 0 Å². The van der Waals surface area contributed by atoms with Crippen LogP contribution in [-0.2, 0) is 16.0 Å². The van der Waals surface area contributed by atoms with Crippen LogP contribution >= 0.6 is 0 Å². The summed E-state index contributed by atoms with van der Waals surface area (Å²) >= 11 is 0. The molecule has 0 unspecified atom stereocenters. The molecule has 15 heavy (non-hydrogen) atoms. The van der Waals surface area contributed by atoms with Gasteiger partial charge in [-0.15, -0.1) is 0 Å². The molecule has 1 aromatic heterocycles. The van der Waals surface area contributed by atoms with Gasteiger partial charge in [-0.3, -0.25) is 9.78 Å². The van der Waals surface area contributed by atoms with Crippen LogP contribution in [0.5, 0.6) is 0 Å². The molecule has 1 aliphatic rings. The molecule has 1 heterocycles. The summed E-state index contributed by atoms with van der Waals surface area (Å²) in [6.45, 7) is 2.32. The maximum atomic E-state index is 11.4. The van der Waals surface area contributed by atoms with E-state index in [-0.39, 0.29) is 11.9 Å². The number of pyridine rings is 1. The second-order valence-electron chi connectivity index (χ2n) is 3.92. The van der Waals surface area contributed by atoms with Gasteiger partial charge in [-0.25, -0.2) is 0 Å². The summed E-state index contributed by atoms with van der Waals surface area (Å²) in [5, 5.41) is 0. The van der Waals surface area contributed by atoms with Crippen LogP contribution in [0, 0.1) is 11.8 Å². The van der Waals surface area contributed by atoms with Crippen LogP contribution in [0.25, 0.3) is 0 Å². The Hall–Kier alpha value is -1.38. The first-order valence-electron chi connectivity index (χ1n) is 5.36. The average Bonchev–Trinajstić information content (AvgIpc) is 2.99. The van der Waals surface area contributed by atoms with Gasteiger partial charge in [-0.05, 0) is 37.3 Å². The number of hydrogen-bond acceptors (Lipinski definition) is 3. The predicted molar refractivity (Wildman–Crippen MR) is 56.2 cm³/mol. The first kappa shape index (κ1) is 10.1. The minimum Gasteiger partial charge on any atom is -0.466 e. The molecule has 1 aromatic rings. The zero-order valence-electron chi connectivity index (χ0n) is 8.85. The third-order valence-electron chi connectivity index (χ3n) is 2.73. The Morgan fingerprint density at radius 1 is 1.67 bits per heavy atom. The van der Waals surface area contributed by atoms with E-state index in [0.717, 1.165) is 12.8 Å². The van der Waals surface area contributed by atoms with Crippen molar-refractivity contribution in [3.63, 3.8) is 0 Å². The van der Waals surface area contributed by atoms with E-state index in [0.29, 0.717) is 12.5 Å². The summed E-state index contributed by atoms with van der Waals surface area (Å²) in [7, 11) is 0. The number of carbonyl (C=O) groups excluding carboxylic acids is 1. The van der Waals surface area contributed by atoms with Crippen molar-refractivity contribution in [3.8, 4) is 0 Å². The molecule has 0 N–H and O–H groups in total. The fourth-order valence-electron chi connectivity index (χ4n) is 1.83. The van der Waals surface area contributed by atoms with Gasteiger partial charge in [0.15, 0.2) is 0 Å². The minimum absolute atomic E-state index is 0.0357. The molecule has 0 saturated heterocycles. The molecule has 0 radical (unpaired) electrons. The fraction of sp³-hybridized carbons (Fsp3) is 0.500. The lowest BCUT2D eigenvalue weighted by Crippen LogP contribution is -2.08. The quantitative estimate of drug-likeness (QED) is 0.704. The zero-order chi connectivity index (χ0) is 10.7. The first-order valence-corrected chi connectivity index (χ1v) is 5.36. The van der Waals surface area contributed by atoms with E-state index >= 15 is 0 Å². The van der Waals surface area contributed by atoms with E-state index in [1.165, 1.54) is 5.56 Å². The molecule has 1 fully saturated rings. The molecule has 0 bridgehead atoms. The molecule has 0 spiro atoms. The summed E-state index contributed by atoms with van der Waals surface area (Å²) in [5.41, 5.74) is 1.20. The summed E-state index contributed by atoms with van der Waals surface area (Å²) in [4.78, 5) is 15.4. The Morgan fingerprint density at radius 2 is 2.53 bits per heavy atom. The lowest BCUT2D eigenvalue weighted by molar-refractivity contribution is -0.145. The van der Waals surface area contributed by atoms with Crippen LogP contribution < -0.4 is 0 Å². The molecule has 0 aliphatic heterocycles. The number of esters is 1. The van der Waals surface area contributed by atoms with Gasteiger partial charge in [-0.1, -0.05) is 6.07 Å². The van der Waals surface area contributed by atoms with Crippen molar-refractivity contribution >= 4 is 5.97 Å². The third-order valence-corrected chi connectivity index (χ3v) is 2.73. The molecule has 80 valence electrons. The number of ether oxygens (including phenoxy) is 1. The van der Waals surface area contributed by atoms with E-state index in [9.17, 15) is 4.79 Å². The summed E-state index contributed by atoms with van der Waals surface area (Å²) in [6.07, 6.45) is 5.53. The van der Waals surface area contributed by atoms with Crippen molar-refractivity contribution in [1.82, 2.24) is 4.98 Å². The number of aromatic nitrogens is 1. The highest BCUT2D eigenvalue weighted by Crippen LogP contribution is 2.41. The lowest BCUT2D eigenvalue weighted by Gasteiger charge is -2.00. The van der Waals surface area contributed by atoms with Gasteiger partial charge in [0.25, 0.3) is 0 Å². The number of rotatable bonds is 4. The van der Waals surface area contributed by atoms with E-state index in [1.54, 1.807) is 6.20 Å². The molecule has 0 amide bonds. The Kier molecular flexibility index (Phi) is 2.99. The van der Waals surface area contributed by atoms with E-state index in [1.807, 2.05) is 25.3 Å². The first-order chi connectivity index (χ1) is 7.31. The van der Waals surface area contributed by atoms with Crippen LogP contribution in [0.15, 0.2) is 24.5 Å². The Balaban J connectivity index is 1.83. The van der Waals surface area contributed by atoms with E-state index in [4.69, 9.17) is 4.74 Å². The summed E-state index contributed by atoms with van der Waals surface area (Å²) in [5.74, 6) is 0.560. The minimum atomic E-state index is -0.0357. The van der Waals surface area contributed by atoms with Crippen LogP contribution in [0.1, 0.15) is 18.9 Å².